The van der Waals surface area contributed by atoms with Gasteiger partial charge >= 0.3 is 11.9 Å². The number of pyridine rings is 1. The number of benzene rings is 2. The fourth-order valence-corrected chi connectivity index (χ4v) is 5.55. The molecule has 12 heteroatoms. The summed E-state index contributed by atoms with van der Waals surface area (Å²) in [7, 11) is 2.36. The molecule has 1 amide bonds. The summed E-state index contributed by atoms with van der Waals surface area (Å²) in [6.07, 6.45) is 0.895. The predicted molar refractivity (Wildman–Crippen MR) is 144 cm³/mol. The third kappa shape index (κ3) is 5.03. The largest absolute Gasteiger partial charge is 0.465 e. The number of nitrogens with zero attached hydrogens (tertiary/aromatic N) is 3. The van der Waals surface area contributed by atoms with E-state index in [1.165, 1.54) is 44.6 Å². The van der Waals surface area contributed by atoms with E-state index in [0.717, 1.165) is 12.1 Å². The molecule has 12 nitrogen and oxygen atoms in total. The number of nitrogens with one attached hydrogen (secondary N) is 1. The van der Waals surface area contributed by atoms with Crippen LogP contribution in [0.5, 0.6) is 0 Å². The predicted octanol–water partition coefficient (Wildman–Crippen LogP) is 3.21. The van der Waals surface area contributed by atoms with Gasteiger partial charge in [-0.2, -0.15) is 0 Å². The van der Waals surface area contributed by atoms with E-state index < -0.39 is 22.8 Å². The monoisotopic (exact) mass is 546 g/mol. The van der Waals surface area contributed by atoms with Crippen LogP contribution in [0.4, 0.5) is 17.1 Å². The third-order valence-corrected chi connectivity index (χ3v) is 7.29. The van der Waals surface area contributed by atoms with E-state index in [-0.39, 0.29) is 45.5 Å². The van der Waals surface area contributed by atoms with Crippen molar-refractivity contribution in [2.75, 3.05) is 37.5 Å². The van der Waals surface area contributed by atoms with Crippen LogP contribution < -0.4 is 15.8 Å². The van der Waals surface area contributed by atoms with Gasteiger partial charge in [-0.05, 0) is 48.7 Å². The van der Waals surface area contributed by atoms with Gasteiger partial charge in [0.1, 0.15) is 5.69 Å². The Hall–Kier alpha value is -5.00. The van der Waals surface area contributed by atoms with E-state index in [2.05, 4.69) is 5.32 Å². The Kier molecular flexibility index (Phi) is 7.07. The van der Waals surface area contributed by atoms with Crippen molar-refractivity contribution in [1.29, 1.82) is 0 Å². The summed E-state index contributed by atoms with van der Waals surface area (Å²) in [5.41, 5.74) is 1.21. The van der Waals surface area contributed by atoms with E-state index in [0.29, 0.717) is 25.3 Å². The number of methoxy groups -OCH3 is 2. The Labute approximate surface area is 228 Å². The quantitative estimate of drug-likeness (QED) is 0.279. The number of hydrogen-bond acceptors (Lipinski definition) is 9. The second-order valence-electron chi connectivity index (χ2n) is 9.80. The molecule has 5 rings (SSSR count). The molecule has 40 heavy (non-hydrogen) atoms. The van der Waals surface area contributed by atoms with Crippen molar-refractivity contribution in [2.45, 2.75) is 18.9 Å². The molecule has 2 atom stereocenters. The molecule has 3 heterocycles. The molecule has 0 aliphatic carbocycles. The Morgan fingerprint density at radius 2 is 1.62 bits per heavy atom. The number of hydrogen-bond donors (Lipinski definition) is 1. The Morgan fingerprint density at radius 3 is 2.27 bits per heavy atom. The number of amides is 1. The number of nitro groups is 1. The fourth-order valence-electron chi connectivity index (χ4n) is 5.55. The van der Waals surface area contributed by atoms with Crippen LogP contribution in [0.25, 0.3) is 0 Å². The molecule has 0 saturated carbocycles. The molecular formula is C28H26N4O8. The van der Waals surface area contributed by atoms with Gasteiger partial charge in [0.2, 0.25) is 0 Å². The number of aromatic nitrogens is 1. The van der Waals surface area contributed by atoms with Gasteiger partial charge in [0, 0.05) is 54.6 Å². The summed E-state index contributed by atoms with van der Waals surface area (Å²) in [6, 6.07) is 13.4. The maximum absolute atomic E-state index is 13.1. The lowest BCUT2D eigenvalue weighted by molar-refractivity contribution is -0.384. The number of carbonyl (C=O) groups is 3. The van der Waals surface area contributed by atoms with E-state index in [1.54, 1.807) is 22.8 Å². The van der Waals surface area contributed by atoms with Gasteiger partial charge in [0.05, 0.1) is 30.3 Å². The van der Waals surface area contributed by atoms with E-state index >= 15 is 0 Å². The van der Waals surface area contributed by atoms with Crippen LogP contribution in [-0.2, 0) is 16.0 Å². The zero-order valence-corrected chi connectivity index (χ0v) is 21.8. The molecule has 1 saturated heterocycles. The molecule has 2 aromatic carbocycles. The van der Waals surface area contributed by atoms with Crippen molar-refractivity contribution in [3.8, 4) is 0 Å². The Bertz CT molecular complexity index is 1560. The molecule has 1 N–H and O–H groups in total. The van der Waals surface area contributed by atoms with Crippen LogP contribution in [0.1, 0.15) is 49.1 Å². The van der Waals surface area contributed by atoms with Crippen molar-refractivity contribution in [3.05, 3.63) is 97.4 Å². The van der Waals surface area contributed by atoms with Crippen LogP contribution in [0.2, 0.25) is 0 Å². The summed E-state index contributed by atoms with van der Waals surface area (Å²) < 4.78 is 11.2. The van der Waals surface area contributed by atoms with Gasteiger partial charge in [0.15, 0.2) is 0 Å². The zero-order valence-electron chi connectivity index (χ0n) is 21.8. The molecule has 2 bridgehead atoms. The summed E-state index contributed by atoms with van der Waals surface area (Å²) in [4.78, 5) is 63.1. The number of nitro benzene ring substituents is 1. The Morgan fingerprint density at radius 1 is 0.925 bits per heavy atom. The highest BCUT2D eigenvalue weighted by Crippen LogP contribution is 2.39. The highest BCUT2D eigenvalue weighted by molar-refractivity contribution is 6.06. The molecule has 3 aromatic rings. The van der Waals surface area contributed by atoms with Crippen LogP contribution >= 0.6 is 0 Å². The number of ether oxygens (including phenoxy) is 2. The minimum Gasteiger partial charge on any atom is -0.465 e. The van der Waals surface area contributed by atoms with Crippen molar-refractivity contribution in [2.24, 2.45) is 5.92 Å². The lowest BCUT2D eigenvalue weighted by Crippen LogP contribution is -2.47. The highest BCUT2D eigenvalue weighted by Gasteiger charge is 2.36. The number of anilines is 2. The number of piperidine rings is 1. The topological polar surface area (TPSA) is 150 Å². The summed E-state index contributed by atoms with van der Waals surface area (Å²) in [5, 5.41) is 14.7. The normalized spacial score (nSPS) is 17.4. The minimum absolute atomic E-state index is 0.0153. The van der Waals surface area contributed by atoms with Gasteiger partial charge in [-0.1, -0.05) is 6.07 Å². The van der Waals surface area contributed by atoms with E-state index in [9.17, 15) is 29.3 Å². The van der Waals surface area contributed by atoms with Gasteiger partial charge in [-0.3, -0.25) is 19.7 Å². The van der Waals surface area contributed by atoms with Crippen molar-refractivity contribution < 1.29 is 28.8 Å². The molecule has 2 aliphatic heterocycles. The minimum atomic E-state index is -0.722. The standard InChI is InChI=1S/C28H26N4O8/c1-39-27(35)18-9-19(28(36)40-2)11-21(10-18)29-26(34)17-6-7-23(24(12-17)32(37)38)30-13-16-8-20(15-30)22-4-3-5-25(33)31(22)14-16/h3-7,9-12,16,20H,8,13-15H2,1-2H3,(H,29,34)/t16-,20+/m1/s1. The van der Waals surface area contributed by atoms with E-state index in [1.807, 2.05) is 11.0 Å². The first-order chi connectivity index (χ1) is 19.2. The first-order valence-electron chi connectivity index (χ1n) is 12.5. The first-order valence-corrected chi connectivity index (χ1v) is 12.5. The molecule has 2 aliphatic rings. The second kappa shape index (κ2) is 10.6. The number of esters is 2. The SMILES string of the molecule is COC(=O)c1cc(NC(=O)c2ccc(N3C[C@H]4C[C@@H](C3)c3cccc(=O)n3C4)c([N+](=O)[O-])c2)cc(C(=O)OC)c1. The number of rotatable bonds is 6. The van der Waals surface area contributed by atoms with Gasteiger partial charge in [-0.25, -0.2) is 9.59 Å². The molecule has 0 spiro atoms. The van der Waals surface area contributed by atoms with Crippen LogP contribution in [0.15, 0.2) is 59.4 Å². The average molecular weight is 547 g/mol. The first kappa shape index (κ1) is 26.6. The third-order valence-electron chi connectivity index (χ3n) is 7.29. The van der Waals surface area contributed by atoms with Gasteiger partial charge in [0.25, 0.3) is 17.2 Å². The van der Waals surface area contributed by atoms with Gasteiger partial charge < -0.3 is 24.3 Å². The maximum atomic E-state index is 13.1. The molecule has 206 valence electrons. The number of fused-ring (bicyclic) bond motifs is 4. The lowest BCUT2D eigenvalue weighted by atomic mass is 9.83. The fraction of sp³-hybridized carbons (Fsp3) is 0.286. The van der Waals surface area contributed by atoms with E-state index in [4.69, 9.17) is 9.47 Å². The van der Waals surface area contributed by atoms with Crippen molar-refractivity contribution in [3.63, 3.8) is 0 Å². The maximum Gasteiger partial charge on any atom is 0.337 e. The highest BCUT2D eigenvalue weighted by atomic mass is 16.6. The average Bonchev–Trinajstić information content (AvgIpc) is 2.96. The van der Waals surface area contributed by atoms with Crippen LogP contribution in [0.3, 0.4) is 0 Å². The Balaban J connectivity index is 1.42. The smallest absolute Gasteiger partial charge is 0.337 e. The molecule has 0 unspecified atom stereocenters. The molecular weight excluding hydrogens is 520 g/mol. The summed E-state index contributed by atoms with van der Waals surface area (Å²) in [5.74, 6) is -1.91. The number of carbonyl (C=O) groups excluding carboxylic acids is 3. The van der Waals surface area contributed by atoms with Gasteiger partial charge in [-0.15, -0.1) is 0 Å². The van der Waals surface area contributed by atoms with Crippen LogP contribution in [-0.4, -0.2) is 54.6 Å². The summed E-state index contributed by atoms with van der Waals surface area (Å²) in [6.45, 7) is 1.59. The molecule has 1 fully saturated rings. The van der Waals surface area contributed by atoms with Crippen LogP contribution in [0, 0.1) is 16.0 Å². The lowest BCUT2D eigenvalue weighted by Gasteiger charge is -2.43. The summed E-state index contributed by atoms with van der Waals surface area (Å²) >= 11 is 0. The molecule has 0 radical (unpaired) electrons. The zero-order chi connectivity index (χ0) is 28.6. The van der Waals surface area contributed by atoms with Crippen molar-refractivity contribution in [1.82, 2.24) is 4.57 Å². The van der Waals surface area contributed by atoms with Crippen molar-refractivity contribution >= 4 is 34.9 Å². The second-order valence-corrected chi connectivity index (χ2v) is 9.80. The molecule has 1 aromatic heterocycles.